The Morgan fingerprint density at radius 2 is 1.83 bits per heavy atom. The van der Waals surface area contributed by atoms with E-state index < -0.39 is 0 Å². The van der Waals surface area contributed by atoms with Crippen molar-refractivity contribution in [3.63, 3.8) is 0 Å². The van der Waals surface area contributed by atoms with Crippen LogP contribution >= 0.6 is 0 Å². The summed E-state index contributed by atoms with van der Waals surface area (Å²) in [4.78, 5) is 7.56. The average Bonchev–Trinajstić information content (AvgIpc) is 2.82. The molecule has 128 valence electrons. The van der Waals surface area contributed by atoms with E-state index in [1.807, 2.05) is 0 Å². The molecule has 0 saturated carbocycles. The second kappa shape index (κ2) is 8.13. The summed E-state index contributed by atoms with van der Waals surface area (Å²) in [5.74, 6) is 0. The smallest absolute Gasteiger partial charge is 0.0480 e. The van der Waals surface area contributed by atoms with Crippen LogP contribution in [0.15, 0.2) is 24.3 Å². The minimum Gasteiger partial charge on any atom is -0.381 e. The van der Waals surface area contributed by atoms with Gasteiger partial charge >= 0.3 is 0 Å². The molecule has 0 spiro atoms. The summed E-state index contributed by atoms with van der Waals surface area (Å²) in [6.07, 6.45) is 3.70. The lowest BCUT2D eigenvalue weighted by Gasteiger charge is -2.33. The third kappa shape index (κ3) is 4.46. The normalized spacial score (nSPS) is 22.0. The molecular weight excluding hydrogens is 286 g/mol. The molecule has 1 aromatic rings. The van der Waals surface area contributed by atoms with Gasteiger partial charge in [0.15, 0.2) is 0 Å². The van der Waals surface area contributed by atoms with E-state index in [0.717, 1.165) is 25.8 Å². The topological polar surface area (TPSA) is 19.0 Å². The highest BCUT2D eigenvalue weighted by molar-refractivity contribution is 5.52. The van der Waals surface area contributed by atoms with Crippen LogP contribution in [0.3, 0.4) is 0 Å². The van der Waals surface area contributed by atoms with Crippen molar-refractivity contribution in [2.24, 2.45) is 0 Å². The fourth-order valence-electron chi connectivity index (χ4n) is 3.89. The zero-order valence-electron chi connectivity index (χ0n) is 14.7. The van der Waals surface area contributed by atoms with E-state index in [2.05, 4.69) is 53.1 Å². The molecule has 2 fully saturated rings. The first kappa shape index (κ1) is 16.7. The Balaban J connectivity index is 1.58. The van der Waals surface area contributed by atoms with Crippen molar-refractivity contribution in [2.75, 3.05) is 58.4 Å². The molecule has 2 aliphatic heterocycles. The van der Waals surface area contributed by atoms with Gasteiger partial charge < -0.3 is 9.64 Å². The highest BCUT2D eigenvalue weighted by Gasteiger charge is 2.24. The van der Waals surface area contributed by atoms with Crippen LogP contribution < -0.4 is 4.90 Å². The van der Waals surface area contributed by atoms with Crippen molar-refractivity contribution < 1.29 is 4.74 Å². The number of hydrogen-bond acceptors (Lipinski definition) is 4. The second-order valence-corrected chi connectivity index (χ2v) is 7.03. The van der Waals surface area contributed by atoms with Crippen molar-refractivity contribution in [3.05, 3.63) is 29.8 Å². The minimum absolute atomic E-state index is 0.748. The van der Waals surface area contributed by atoms with E-state index in [1.54, 1.807) is 0 Å². The Bertz CT molecular complexity index is 485. The second-order valence-electron chi connectivity index (χ2n) is 7.03. The Labute approximate surface area is 141 Å². The maximum Gasteiger partial charge on any atom is 0.0480 e. The molecule has 0 bridgehead atoms. The van der Waals surface area contributed by atoms with Crippen molar-refractivity contribution in [2.45, 2.75) is 31.8 Å². The summed E-state index contributed by atoms with van der Waals surface area (Å²) in [6.45, 7) is 7.80. The van der Waals surface area contributed by atoms with Gasteiger partial charge in [0.25, 0.3) is 0 Å². The van der Waals surface area contributed by atoms with Gasteiger partial charge in [-0.3, -0.25) is 9.80 Å². The molecule has 3 rings (SSSR count). The number of ether oxygens (including phenoxy) is 1. The lowest BCUT2D eigenvalue weighted by molar-refractivity contribution is 0.0353. The van der Waals surface area contributed by atoms with E-state index in [1.165, 1.54) is 56.7 Å². The first-order valence-corrected chi connectivity index (χ1v) is 9.03. The molecule has 2 heterocycles. The maximum absolute atomic E-state index is 5.52. The average molecular weight is 317 g/mol. The van der Waals surface area contributed by atoms with Gasteiger partial charge in [-0.2, -0.15) is 0 Å². The Morgan fingerprint density at radius 3 is 2.61 bits per heavy atom. The third-order valence-electron chi connectivity index (χ3n) is 5.20. The van der Waals surface area contributed by atoms with Gasteiger partial charge in [-0.05, 0) is 44.0 Å². The number of anilines is 1. The molecule has 0 aromatic heterocycles. The number of rotatable bonds is 4. The van der Waals surface area contributed by atoms with Crippen LogP contribution in [0.25, 0.3) is 0 Å². The lowest BCUT2D eigenvalue weighted by atomic mass is 10.1. The van der Waals surface area contributed by atoms with Gasteiger partial charge in [0.2, 0.25) is 0 Å². The SMILES string of the molecule is CN(C)c1ccccc1CN1CCCN(C2CCOCC2)CC1. The fraction of sp³-hybridized carbons (Fsp3) is 0.684. The fourth-order valence-corrected chi connectivity index (χ4v) is 3.89. The van der Waals surface area contributed by atoms with Gasteiger partial charge in [-0.1, -0.05) is 18.2 Å². The van der Waals surface area contributed by atoms with E-state index >= 15 is 0 Å². The molecule has 4 nitrogen and oxygen atoms in total. The molecule has 0 atom stereocenters. The zero-order valence-corrected chi connectivity index (χ0v) is 14.7. The molecule has 0 unspecified atom stereocenters. The maximum atomic E-state index is 5.52. The van der Waals surface area contributed by atoms with Crippen LogP contribution in [-0.4, -0.2) is 69.3 Å². The molecule has 0 radical (unpaired) electrons. The van der Waals surface area contributed by atoms with Crippen LogP contribution in [0, 0.1) is 0 Å². The molecule has 1 aromatic carbocycles. The zero-order chi connectivity index (χ0) is 16.1. The Hall–Kier alpha value is -1.10. The third-order valence-corrected chi connectivity index (χ3v) is 5.20. The van der Waals surface area contributed by atoms with Crippen molar-refractivity contribution in [3.8, 4) is 0 Å². The molecule has 0 aliphatic carbocycles. The quantitative estimate of drug-likeness (QED) is 0.849. The molecular formula is C19H31N3O. The molecule has 23 heavy (non-hydrogen) atoms. The van der Waals surface area contributed by atoms with Crippen molar-refractivity contribution in [1.82, 2.24) is 9.80 Å². The first-order chi connectivity index (χ1) is 11.2. The highest BCUT2D eigenvalue weighted by Crippen LogP contribution is 2.21. The molecule has 2 aliphatic rings. The lowest BCUT2D eigenvalue weighted by Crippen LogP contribution is -2.41. The van der Waals surface area contributed by atoms with Gasteiger partial charge in [0.1, 0.15) is 0 Å². The minimum atomic E-state index is 0.748. The predicted octanol–water partition coefficient (Wildman–Crippen LogP) is 2.44. The van der Waals surface area contributed by atoms with Crippen molar-refractivity contribution >= 4 is 5.69 Å². The van der Waals surface area contributed by atoms with E-state index in [-0.39, 0.29) is 0 Å². The van der Waals surface area contributed by atoms with E-state index in [9.17, 15) is 0 Å². The molecule has 4 heteroatoms. The number of para-hydroxylation sites is 1. The van der Waals surface area contributed by atoms with Crippen molar-refractivity contribution in [1.29, 1.82) is 0 Å². The Kier molecular flexibility index (Phi) is 5.92. The number of nitrogens with zero attached hydrogens (tertiary/aromatic N) is 3. The standard InChI is InChI=1S/C19H31N3O/c1-20(2)19-7-4-3-6-17(19)16-21-10-5-11-22(13-12-21)18-8-14-23-15-9-18/h3-4,6-7,18H,5,8-16H2,1-2H3. The monoisotopic (exact) mass is 317 g/mol. The summed E-state index contributed by atoms with van der Waals surface area (Å²) in [5, 5.41) is 0. The van der Waals surface area contributed by atoms with Crippen LogP contribution in [0.2, 0.25) is 0 Å². The Morgan fingerprint density at radius 1 is 1.04 bits per heavy atom. The number of hydrogen-bond donors (Lipinski definition) is 0. The highest BCUT2D eigenvalue weighted by atomic mass is 16.5. The first-order valence-electron chi connectivity index (χ1n) is 9.03. The summed E-state index contributed by atoms with van der Waals surface area (Å²) in [7, 11) is 4.27. The summed E-state index contributed by atoms with van der Waals surface area (Å²) >= 11 is 0. The molecule has 0 N–H and O–H groups in total. The van der Waals surface area contributed by atoms with Gasteiger partial charge in [-0.15, -0.1) is 0 Å². The largest absolute Gasteiger partial charge is 0.381 e. The summed E-state index contributed by atoms with van der Waals surface area (Å²) in [5.41, 5.74) is 2.79. The van der Waals surface area contributed by atoms with Gasteiger partial charge in [0, 0.05) is 58.7 Å². The van der Waals surface area contributed by atoms with Crippen LogP contribution in [0.5, 0.6) is 0 Å². The molecule has 2 saturated heterocycles. The predicted molar refractivity (Wildman–Crippen MR) is 96.1 cm³/mol. The van der Waals surface area contributed by atoms with Gasteiger partial charge in [-0.25, -0.2) is 0 Å². The van der Waals surface area contributed by atoms with Crippen LogP contribution in [-0.2, 0) is 11.3 Å². The van der Waals surface area contributed by atoms with Crippen LogP contribution in [0.1, 0.15) is 24.8 Å². The summed E-state index contributed by atoms with van der Waals surface area (Å²) in [6, 6.07) is 9.54. The van der Waals surface area contributed by atoms with E-state index in [4.69, 9.17) is 4.74 Å². The van der Waals surface area contributed by atoms with E-state index in [0.29, 0.717) is 0 Å². The molecule has 0 amide bonds. The summed E-state index contributed by atoms with van der Waals surface area (Å²) < 4.78 is 5.52. The number of benzene rings is 1. The van der Waals surface area contributed by atoms with Gasteiger partial charge in [0.05, 0.1) is 0 Å². The van der Waals surface area contributed by atoms with Crippen LogP contribution in [0.4, 0.5) is 5.69 Å².